The number of nitrogens with zero attached hydrogens (tertiary/aromatic N) is 4. The van der Waals surface area contributed by atoms with E-state index < -0.39 is 0 Å². The molecule has 0 aliphatic heterocycles. The number of fused-ring (bicyclic) bond motifs is 3. The standard InChI is InChI=1S/C23H19N5O2/c1-15-7-9-18(30-15)12-24-23(29)17-8-10-20-19(11-17)21-22(27-26-20)25-14-28(21)13-16-5-3-2-4-6-16/h2-11,14H,12-13H2,1H3,(H,24,29). The SMILES string of the molecule is Cc1ccc(CNC(=O)c2ccc3nnc4ncn(Cc5ccccc5)c4c3c2)o1. The number of carbonyl (C=O) groups excluding carboxylic acids is 1. The second-order valence-corrected chi connectivity index (χ2v) is 7.16. The summed E-state index contributed by atoms with van der Waals surface area (Å²) in [5, 5.41) is 12.2. The van der Waals surface area contributed by atoms with Crippen molar-refractivity contribution in [3.63, 3.8) is 0 Å². The van der Waals surface area contributed by atoms with Gasteiger partial charge in [0.25, 0.3) is 5.91 Å². The molecule has 0 aliphatic carbocycles. The van der Waals surface area contributed by atoms with E-state index in [1.807, 2.05) is 54.0 Å². The lowest BCUT2D eigenvalue weighted by Crippen LogP contribution is -2.22. The fourth-order valence-electron chi connectivity index (χ4n) is 3.53. The molecule has 7 nitrogen and oxygen atoms in total. The van der Waals surface area contributed by atoms with E-state index in [1.54, 1.807) is 12.4 Å². The zero-order chi connectivity index (χ0) is 20.5. The van der Waals surface area contributed by atoms with Gasteiger partial charge < -0.3 is 14.3 Å². The van der Waals surface area contributed by atoms with Gasteiger partial charge in [-0.2, -0.15) is 0 Å². The number of nitrogens with one attached hydrogen (secondary N) is 1. The molecule has 148 valence electrons. The molecule has 0 spiro atoms. The van der Waals surface area contributed by atoms with E-state index >= 15 is 0 Å². The molecule has 0 aliphatic rings. The normalized spacial score (nSPS) is 11.2. The third-order valence-corrected chi connectivity index (χ3v) is 5.00. The lowest BCUT2D eigenvalue weighted by molar-refractivity contribution is 0.0948. The number of imidazole rings is 1. The third kappa shape index (κ3) is 3.41. The highest BCUT2D eigenvalue weighted by atomic mass is 16.3. The van der Waals surface area contributed by atoms with Crippen molar-refractivity contribution in [2.75, 3.05) is 0 Å². The van der Waals surface area contributed by atoms with Gasteiger partial charge in [-0.15, -0.1) is 10.2 Å². The monoisotopic (exact) mass is 397 g/mol. The first-order chi connectivity index (χ1) is 14.7. The van der Waals surface area contributed by atoms with Gasteiger partial charge in [0.1, 0.15) is 11.5 Å². The minimum atomic E-state index is -0.176. The summed E-state index contributed by atoms with van der Waals surface area (Å²) >= 11 is 0. The number of hydrogen-bond acceptors (Lipinski definition) is 5. The van der Waals surface area contributed by atoms with Gasteiger partial charge in [0.2, 0.25) is 5.65 Å². The summed E-state index contributed by atoms with van der Waals surface area (Å²) in [6.07, 6.45) is 1.76. The first kappa shape index (κ1) is 18.1. The Labute approximate surface area is 172 Å². The highest BCUT2D eigenvalue weighted by Crippen LogP contribution is 2.23. The molecule has 1 N–H and O–H groups in total. The van der Waals surface area contributed by atoms with Crippen LogP contribution >= 0.6 is 0 Å². The number of aryl methyl sites for hydroxylation is 1. The molecule has 0 radical (unpaired) electrons. The molecule has 30 heavy (non-hydrogen) atoms. The van der Waals surface area contributed by atoms with Gasteiger partial charge in [-0.1, -0.05) is 30.3 Å². The second-order valence-electron chi connectivity index (χ2n) is 7.16. The number of aromatic nitrogens is 4. The number of furan rings is 1. The van der Waals surface area contributed by atoms with E-state index in [2.05, 4.69) is 32.6 Å². The van der Waals surface area contributed by atoms with Gasteiger partial charge in [-0.05, 0) is 42.8 Å². The molecule has 1 amide bonds. The number of carbonyl (C=O) groups is 1. The molecule has 0 fully saturated rings. The maximum Gasteiger partial charge on any atom is 0.251 e. The van der Waals surface area contributed by atoms with Crippen molar-refractivity contribution < 1.29 is 9.21 Å². The molecular formula is C23H19N5O2. The summed E-state index contributed by atoms with van der Waals surface area (Å²) in [6, 6.07) is 19.3. The van der Waals surface area contributed by atoms with E-state index in [1.165, 1.54) is 0 Å². The first-order valence-corrected chi connectivity index (χ1v) is 9.66. The molecule has 0 saturated heterocycles. The summed E-state index contributed by atoms with van der Waals surface area (Å²) in [5.74, 6) is 1.36. The molecule has 0 unspecified atom stereocenters. The van der Waals surface area contributed by atoms with Crippen LogP contribution in [0.1, 0.15) is 27.4 Å². The fraction of sp³-hybridized carbons (Fsp3) is 0.130. The van der Waals surface area contributed by atoms with E-state index in [0.717, 1.165) is 33.5 Å². The van der Waals surface area contributed by atoms with Crippen molar-refractivity contribution in [1.82, 2.24) is 25.1 Å². The van der Waals surface area contributed by atoms with Crippen LogP contribution in [0.25, 0.3) is 22.1 Å². The molecule has 5 rings (SSSR count). The fourth-order valence-corrected chi connectivity index (χ4v) is 3.53. The Bertz CT molecular complexity index is 1350. The Hall–Kier alpha value is -4.00. The maximum absolute atomic E-state index is 12.7. The van der Waals surface area contributed by atoms with Gasteiger partial charge in [0.15, 0.2) is 0 Å². The summed E-state index contributed by atoms with van der Waals surface area (Å²) < 4.78 is 7.55. The number of rotatable bonds is 5. The van der Waals surface area contributed by atoms with E-state index in [9.17, 15) is 4.79 Å². The molecule has 0 atom stereocenters. The minimum Gasteiger partial charge on any atom is -0.465 e. The molecule has 0 saturated carbocycles. The third-order valence-electron chi connectivity index (χ3n) is 5.00. The Kier molecular flexibility index (Phi) is 4.48. The minimum absolute atomic E-state index is 0.176. The van der Waals surface area contributed by atoms with Crippen LogP contribution in [0.3, 0.4) is 0 Å². The van der Waals surface area contributed by atoms with Crippen LogP contribution in [0.2, 0.25) is 0 Å². The highest BCUT2D eigenvalue weighted by Gasteiger charge is 2.14. The first-order valence-electron chi connectivity index (χ1n) is 9.66. The predicted octanol–water partition coefficient (Wildman–Crippen LogP) is 3.86. The summed E-state index contributed by atoms with van der Waals surface area (Å²) in [6.45, 7) is 2.87. The molecule has 5 aromatic rings. The van der Waals surface area contributed by atoms with E-state index in [-0.39, 0.29) is 5.91 Å². The smallest absolute Gasteiger partial charge is 0.251 e. The van der Waals surface area contributed by atoms with Crippen LogP contribution in [0, 0.1) is 6.92 Å². The van der Waals surface area contributed by atoms with E-state index in [4.69, 9.17) is 4.42 Å². The van der Waals surface area contributed by atoms with Gasteiger partial charge in [0, 0.05) is 17.5 Å². The zero-order valence-corrected chi connectivity index (χ0v) is 16.4. The Morgan fingerprint density at radius 3 is 2.73 bits per heavy atom. The van der Waals surface area contributed by atoms with Crippen molar-refractivity contribution in [3.8, 4) is 0 Å². The molecular weight excluding hydrogens is 378 g/mol. The van der Waals surface area contributed by atoms with Gasteiger partial charge >= 0.3 is 0 Å². The molecule has 7 heteroatoms. The average Bonchev–Trinajstić information content (AvgIpc) is 3.38. The quantitative estimate of drug-likeness (QED) is 0.487. The lowest BCUT2D eigenvalue weighted by Gasteiger charge is -2.08. The average molecular weight is 397 g/mol. The van der Waals surface area contributed by atoms with Gasteiger partial charge in [0.05, 0.1) is 23.9 Å². The summed E-state index contributed by atoms with van der Waals surface area (Å²) in [7, 11) is 0. The lowest BCUT2D eigenvalue weighted by atomic mass is 10.1. The number of benzene rings is 2. The molecule has 3 heterocycles. The van der Waals surface area contributed by atoms with Crippen molar-refractivity contribution >= 4 is 28.0 Å². The second kappa shape index (κ2) is 7.44. The van der Waals surface area contributed by atoms with Crippen LogP contribution in [0.5, 0.6) is 0 Å². The van der Waals surface area contributed by atoms with Crippen molar-refractivity contribution in [2.24, 2.45) is 0 Å². The van der Waals surface area contributed by atoms with Gasteiger partial charge in [-0.25, -0.2) is 4.98 Å². The topological polar surface area (TPSA) is 85.8 Å². The summed E-state index contributed by atoms with van der Waals surface area (Å²) in [4.78, 5) is 17.1. The van der Waals surface area contributed by atoms with Gasteiger partial charge in [-0.3, -0.25) is 4.79 Å². The van der Waals surface area contributed by atoms with Crippen LogP contribution in [-0.2, 0) is 13.1 Å². The van der Waals surface area contributed by atoms with Crippen molar-refractivity contribution in [2.45, 2.75) is 20.0 Å². The predicted molar refractivity (Wildman–Crippen MR) is 113 cm³/mol. The maximum atomic E-state index is 12.7. The van der Waals surface area contributed by atoms with Crippen LogP contribution in [0.15, 0.2) is 71.4 Å². The number of hydrogen-bond donors (Lipinski definition) is 1. The zero-order valence-electron chi connectivity index (χ0n) is 16.4. The highest BCUT2D eigenvalue weighted by molar-refractivity contribution is 6.05. The number of amides is 1. The Morgan fingerprint density at radius 2 is 1.93 bits per heavy atom. The van der Waals surface area contributed by atoms with Crippen molar-refractivity contribution in [3.05, 3.63) is 89.6 Å². The molecule has 3 aromatic heterocycles. The van der Waals surface area contributed by atoms with Crippen LogP contribution in [0.4, 0.5) is 0 Å². The molecule has 2 aromatic carbocycles. The largest absolute Gasteiger partial charge is 0.465 e. The van der Waals surface area contributed by atoms with Crippen molar-refractivity contribution in [1.29, 1.82) is 0 Å². The van der Waals surface area contributed by atoms with Crippen LogP contribution < -0.4 is 5.32 Å². The van der Waals surface area contributed by atoms with Crippen LogP contribution in [-0.4, -0.2) is 25.7 Å². The summed E-state index contributed by atoms with van der Waals surface area (Å²) in [5.41, 5.74) is 3.84. The van der Waals surface area contributed by atoms with E-state index in [0.29, 0.717) is 24.3 Å². The molecule has 0 bridgehead atoms. The Morgan fingerprint density at radius 1 is 1.07 bits per heavy atom. The Balaban J connectivity index is 1.49.